The number of nitrogens with zero attached hydrogens (tertiary/aromatic N) is 3. The molecule has 3 aromatic rings. The third-order valence-corrected chi connectivity index (χ3v) is 5.03. The molecule has 3 heterocycles. The number of carbonyl (C=O) groups excluding carboxylic acids is 2. The Kier molecular flexibility index (Phi) is 5.87. The summed E-state index contributed by atoms with van der Waals surface area (Å²) in [4.78, 5) is 30.4. The zero-order valence-corrected chi connectivity index (χ0v) is 18.3. The van der Waals surface area contributed by atoms with Crippen LogP contribution in [0.25, 0.3) is 5.82 Å². The second-order valence-corrected chi connectivity index (χ2v) is 7.19. The Morgan fingerprint density at radius 1 is 1.28 bits per heavy atom. The van der Waals surface area contributed by atoms with Gasteiger partial charge in [0.1, 0.15) is 11.3 Å². The van der Waals surface area contributed by atoms with Gasteiger partial charge in [-0.15, -0.1) is 5.10 Å². The third kappa shape index (κ3) is 3.80. The first-order valence-corrected chi connectivity index (χ1v) is 10.1. The highest BCUT2D eigenvalue weighted by Gasteiger charge is 2.29. The van der Waals surface area contributed by atoms with Crippen molar-refractivity contribution >= 4 is 29.1 Å². The van der Waals surface area contributed by atoms with Crippen LogP contribution in [0.1, 0.15) is 33.3 Å². The number of pyridine rings is 1. The molecule has 1 aliphatic heterocycles. The Morgan fingerprint density at radius 2 is 2.09 bits per heavy atom. The fourth-order valence-electron chi connectivity index (χ4n) is 3.29. The molecule has 166 valence electrons. The normalized spacial score (nSPS) is 11.9. The molecular formula is C21H20ClN5O5. The fraction of sp³-hybridized carbons (Fsp3) is 0.238. The minimum Gasteiger partial charge on any atom is -0.480 e. The zero-order valence-electron chi connectivity index (χ0n) is 17.6. The summed E-state index contributed by atoms with van der Waals surface area (Å²) in [5, 5.41) is 10.1. The highest BCUT2D eigenvalue weighted by Crippen LogP contribution is 2.42. The van der Waals surface area contributed by atoms with Crippen LogP contribution < -0.4 is 24.8 Å². The van der Waals surface area contributed by atoms with Crippen LogP contribution in [0.5, 0.6) is 17.4 Å². The van der Waals surface area contributed by atoms with Gasteiger partial charge in [0.05, 0.1) is 17.8 Å². The number of rotatable bonds is 6. The first-order valence-electron chi connectivity index (χ1n) is 9.72. The fourth-order valence-corrected chi connectivity index (χ4v) is 3.49. The van der Waals surface area contributed by atoms with Crippen LogP contribution in [0.15, 0.2) is 30.5 Å². The number of aromatic nitrogens is 3. The molecule has 0 radical (unpaired) electrons. The monoisotopic (exact) mass is 457 g/mol. The number of fused-ring (bicyclic) bond motifs is 1. The molecule has 0 saturated carbocycles. The molecular weight excluding hydrogens is 438 g/mol. The molecule has 1 aromatic carbocycles. The van der Waals surface area contributed by atoms with E-state index in [1.54, 1.807) is 32.0 Å². The molecule has 32 heavy (non-hydrogen) atoms. The number of methoxy groups -OCH3 is 1. The smallest absolute Gasteiger partial charge is 0.274 e. The van der Waals surface area contributed by atoms with Crippen LogP contribution in [0.4, 0.5) is 5.69 Å². The Morgan fingerprint density at radius 3 is 2.81 bits per heavy atom. The lowest BCUT2D eigenvalue weighted by atomic mass is 10.0. The first kappa shape index (κ1) is 21.4. The van der Waals surface area contributed by atoms with E-state index in [-0.39, 0.29) is 35.5 Å². The SMILES string of the molecule is CCNC(=O)c1c(NC(=O)c2cc(OC)nn2-c2ncccc2Cl)c(C)cc2c1OCO2. The second kappa shape index (κ2) is 8.75. The molecule has 0 bridgehead atoms. The van der Waals surface area contributed by atoms with Crippen molar-refractivity contribution in [1.29, 1.82) is 0 Å². The van der Waals surface area contributed by atoms with Gasteiger partial charge >= 0.3 is 0 Å². The molecule has 10 nitrogen and oxygen atoms in total. The van der Waals surface area contributed by atoms with Gasteiger partial charge in [0.2, 0.25) is 12.7 Å². The van der Waals surface area contributed by atoms with Crippen LogP contribution in [0, 0.1) is 6.92 Å². The van der Waals surface area contributed by atoms with Crippen LogP contribution in [0.3, 0.4) is 0 Å². The van der Waals surface area contributed by atoms with E-state index < -0.39 is 11.8 Å². The van der Waals surface area contributed by atoms with Crippen molar-refractivity contribution < 1.29 is 23.8 Å². The lowest BCUT2D eigenvalue weighted by Crippen LogP contribution is -2.26. The van der Waals surface area contributed by atoms with Gasteiger partial charge in [-0.25, -0.2) is 9.67 Å². The predicted octanol–water partition coefficient (Wildman–Crippen LogP) is 2.97. The Bertz CT molecular complexity index is 1210. The van der Waals surface area contributed by atoms with Gasteiger partial charge in [0, 0.05) is 18.8 Å². The molecule has 1 aliphatic rings. The number of hydrogen-bond donors (Lipinski definition) is 2. The van der Waals surface area contributed by atoms with E-state index in [1.165, 1.54) is 24.1 Å². The van der Waals surface area contributed by atoms with Gasteiger partial charge in [-0.3, -0.25) is 9.59 Å². The van der Waals surface area contributed by atoms with E-state index in [0.29, 0.717) is 28.6 Å². The van der Waals surface area contributed by atoms with E-state index in [4.69, 9.17) is 25.8 Å². The van der Waals surface area contributed by atoms with Crippen LogP contribution in [-0.4, -0.2) is 47.0 Å². The van der Waals surface area contributed by atoms with E-state index in [2.05, 4.69) is 20.7 Å². The topological polar surface area (TPSA) is 117 Å². The lowest BCUT2D eigenvalue weighted by Gasteiger charge is -2.16. The summed E-state index contributed by atoms with van der Waals surface area (Å²) in [7, 11) is 1.43. The second-order valence-electron chi connectivity index (χ2n) is 6.78. The molecule has 0 saturated heterocycles. The molecule has 0 aliphatic carbocycles. The van der Waals surface area contributed by atoms with Crippen molar-refractivity contribution in [3.8, 4) is 23.2 Å². The van der Waals surface area contributed by atoms with Crippen LogP contribution >= 0.6 is 11.6 Å². The highest BCUT2D eigenvalue weighted by molar-refractivity contribution is 6.32. The number of anilines is 1. The summed E-state index contributed by atoms with van der Waals surface area (Å²) in [6.07, 6.45) is 1.53. The van der Waals surface area contributed by atoms with E-state index in [0.717, 1.165) is 0 Å². The average Bonchev–Trinajstić information content (AvgIpc) is 3.41. The maximum Gasteiger partial charge on any atom is 0.274 e. The lowest BCUT2D eigenvalue weighted by molar-refractivity contribution is 0.0952. The summed E-state index contributed by atoms with van der Waals surface area (Å²) in [6.45, 7) is 3.94. The zero-order chi connectivity index (χ0) is 22.8. The maximum atomic E-state index is 13.3. The number of ether oxygens (including phenoxy) is 3. The quantitative estimate of drug-likeness (QED) is 0.584. The van der Waals surface area contributed by atoms with Crippen LogP contribution in [-0.2, 0) is 0 Å². The minimum absolute atomic E-state index is 0.0132. The maximum absolute atomic E-state index is 13.3. The van der Waals surface area contributed by atoms with E-state index in [1.807, 2.05) is 0 Å². The number of amides is 2. The summed E-state index contributed by atoms with van der Waals surface area (Å²) >= 11 is 6.26. The van der Waals surface area contributed by atoms with Crippen molar-refractivity contribution in [3.05, 3.63) is 52.3 Å². The van der Waals surface area contributed by atoms with Crippen molar-refractivity contribution in [2.75, 3.05) is 25.8 Å². The number of hydrogen-bond acceptors (Lipinski definition) is 7. The van der Waals surface area contributed by atoms with Gasteiger partial charge < -0.3 is 24.8 Å². The number of nitrogens with one attached hydrogen (secondary N) is 2. The molecule has 11 heteroatoms. The Labute approximate surface area is 188 Å². The van der Waals surface area contributed by atoms with Gasteiger partial charge in [-0.2, -0.15) is 0 Å². The molecule has 2 amide bonds. The largest absolute Gasteiger partial charge is 0.480 e. The van der Waals surface area contributed by atoms with Gasteiger partial charge in [0.15, 0.2) is 17.3 Å². The molecule has 0 spiro atoms. The Hall–Kier alpha value is -3.79. The summed E-state index contributed by atoms with van der Waals surface area (Å²) in [6, 6.07) is 6.46. The van der Waals surface area contributed by atoms with E-state index >= 15 is 0 Å². The predicted molar refractivity (Wildman–Crippen MR) is 116 cm³/mol. The number of benzene rings is 1. The molecule has 0 atom stereocenters. The molecule has 0 unspecified atom stereocenters. The Balaban J connectivity index is 1.79. The van der Waals surface area contributed by atoms with Gasteiger partial charge in [0.25, 0.3) is 11.8 Å². The molecule has 2 N–H and O–H groups in total. The first-order chi connectivity index (χ1) is 15.4. The van der Waals surface area contributed by atoms with Gasteiger partial charge in [-0.05, 0) is 37.6 Å². The minimum atomic E-state index is -0.546. The molecule has 4 rings (SSSR count). The van der Waals surface area contributed by atoms with Crippen molar-refractivity contribution in [3.63, 3.8) is 0 Å². The summed E-state index contributed by atoms with van der Waals surface area (Å²) in [5.41, 5.74) is 1.21. The van der Waals surface area contributed by atoms with Crippen LogP contribution in [0.2, 0.25) is 5.02 Å². The van der Waals surface area contributed by atoms with Crippen molar-refractivity contribution in [1.82, 2.24) is 20.1 Å². The van der Waals surface area contributed by atoms with Gasteiger partial charge in [-0.1, -0.05) is 11.6 Å². The van der Waals surface area contributed by atoms with Crippen molar-refractivity contribution in [2.45, 2.75) is 13.8 Å². The molecule has 0 fully saturated rings. The summed E-state index contributed by atoms with van der Waals surface area (Å²) in [5.74, 6) is 0.226. The highest BCUT2D eigenvalue weighted by atomic mass is 35.5. The standard InChI is InChI=1S/C21H20ClN5O5/c1-4-23-21(29)16-17(11(2)8-14-18(16)32-10-31-14)25-20(28)13-9-15(30-3)26-27(13)19-12(22)6-5-7-24-19/h5-9H,4,10H2,1-3H3,(H,23,29)(H,25,28). The van der Waals surface area contributed by atoms with Crippen molar-refractivity contribution in [2.24, 2.45) is 0 Å². The number of carbonyl (C=O) groups is 2. The third-order valence-electron chi connectivity index (χ3n) is 4.73. The number of aryl methyl sites for hydroxylation is 1. The summed E-state index contributed by atoms with van der Waals surface area (Å²) < 4.78 is 17.4. The average molecular weight is 458 g/mol. The number of halogens is 1. The van der Waals surface area contributed by atoms with E-state index in [9.17, 15) is 9.59 Å². The molecule has 2 aromatic heterocycles.